The predicted octanol–water partition coefficient (Wildman–Crippen LogP) is 4.30. The molecule has 0 saturated carbocycles. The molecule has 2 rings (SSSR count). The van der Waals surface area contributed by atoms with Crippen LogP contribution in [-0.2, 0) is 22.3 Å². The number of nitrogens with zero attached hydrogens (tertiary/aromatic N) is 1. The Kier molecular flexibility index (Phi) is 5.72. The second kappa shape index (κ2) is 7.21. The van der Waals surface area contributed by atoms with E-state index in [9.17, 15) is 21.6 Å². The molecule has 0 aliphatic carbocycles. The topological polar surface area (TPSA) is 37.4 Å². The Hall–Kier alpha value is -1.09. The van der Waals surface area contributed by atoms with Crippen molar-refractivity contribution in [3.05, 3.63) is 57.2 Å². The van der Waals surface area contributed by atoms with Gasteiger partial charge in [-0.25, -0.2) is 8.42 Å². The SMILES string of the molecule is O=S(=O)(Cc1ccccc1Cl)N(Cc1ccsc1)CC(F)(F)F. The molecule has 0 N–H and O–H groups in total. The maximum absolute atomic E-state index is 12.8. The third-order valence-corrected chi connectivity index (χ3v) is 5.81. The van der Waals surface area contributed by atoms with E-state index in [-0.39, 0.29) is 17.1 Å². The van der Waals surface area contributed by atoms with Crippen LogP contribution in [0.25, 0.3) is 0 Å². The van der Waals surface area contributed by atoms with Crippen molar-refractivity contribution in [2.24, 2.45) is 0 Å². The molecule has 2 aromatic rings. The van der Waals surface area contributed by atoms with Gasteiger partial charge in [-0.05, 0) is 34.0 Å². The zero-order valence-corrected chi connectivity index (χ0v) is 14.1. The summed E-state index contributed by atoms with van der Waals surface area (Å²) >= 11 is 7.20. The Morgan fingerprint density at radius 2 is 1.87 bits per heavy atom. The molecule has 126 valence electrons. The van der Waals surface area contributed by atoms with Gasteiger partial charge in [0.2, 0.25) is 10.0 Å². The van der Waals surface area contributed by atoms with Crippen LogP contribution in [0.5, 0.6) is 0 Å². The van der Waals surface area contributed by atoms with Crippen molar-refractivity contribution in [2.45, 2.75) is 18.5 Å². The van der Waals surface area contributed by atoms with Gasteiger partial charge in [-0.1, -0.05) is 29.8 Å². The number of rotatable bonds is 6. The lowest BCUT2D eigenvalue weighted by Gasteiger charge is -2.23. The Balaban J connectivity index is 2.27. The third-order valence-electron chi connectivity index (χ3n) is 2.98. The molecular formula is C14H13ClF3NO2S2. The molecular weight excluding hydrogens is 371 g/mol. The number of thiophene rings is 1. The van der Waals surface area contributed by atoms with Crippen LogP contribution in [0.4, 0.5) is 13.2 Å². The molecule has 0 radical (unpaired) electrons. The summed E-state index contributed by atoms with van der Waals surface area (Å²) in [6.45, 7) is -1.86. The lowest BCUT2D eigenvalue weighted by molar-refractivity contribution is -0.136. The van der Waals surface area contributed by atoms with Crippen LogP contribution in [0, 0.1) is 0 Å². The van der Waals surface area contributed by atoms with E-state index >= 15 is 0 Å². The number of halogens is 4. The lowest BCUT2D eigenvalue weighted by atomic mass is 10.2. The minimum atomic E-state index is -4.62. The first-order chi connectivity index (χ1) is 10.7. The van der Waals surface area contributed by atoms with Gasteiger partial charge in [0.1, 0.15) is 6.54 Å². The van der Waals surface area contributed by atoms with Gasteiger partial charge in [-0.15, -0.1) is 0 Å². The fourth-order valence-electron chi connectivity index (χ4n) is 1.94. The van der Waals surface area contributed by atoms with Gasteiger partial charge in [0.15, 0.2) is 0 Å². The fourth-order valence-corrected chi connectivity index (χ4v) is 4.40. The van der Waals surface area contributed by atoms with E-state index in [1.54, 1.807) is 29.0 Å². The molecule has 1 aromatic carbocycles. The highest BCUT2D eigenvalue weighted by atomic mass is 35.5. The van der Waals surface area contributed by atoms with E-state index in [1.165, 1.54) is 23.5 Å². The first kappa shape index (κ1) is 18.3. The predicted molar refractivity (Wildman–Crippen MR) is 84.9 cm³/mol. The largest absolute Gasteiger partial charge is 0.402 e. The van der Waals surface area contributed by atoms with Crippen molar-refractivity contribution in [1.29, 1.82) is 0 Å². The van der Waals surface area contributed by atoms with Crippen molar-refractivity contribution in [2.75, 3.05) is 6.54 Å². The summed E-state index contributed by atoms with van der Waals surface area (Å²) in [5, 5.41) is 3.51. The average molecular weight is 384 g/mol. The smallest absolute Gasteiger partial charge is 0.212 e. The Bertz CT molecular complexity index is 746. The van der Waals surface area contributed by atoms with Crippen LogP contribution < -0.4 is 0 Å². The van der Waals surface area contributed by atoms with E-state index < -0.39 is 28.5 Å². The third kappa shape index (κ3) is 5.49. The average Bonchev–Trinajstić information content (AvgIpc) is 2.92. The number of sulfonamides is 1. The Morgan fingerprint density at radius 3 is 2.43 bits per heavy atom. The fraction of sp³-hybridized carbons (Fsp3) is 0.286. The van der Waals surface area contributed by atoms with Crippen LogP contribution in [0.15, 0.2) is 41.1 Å². The van der Waals surface area contributed by atoms with Crippen LogP contribution in [-0.4, -0.2) is 25.4 Å². The van der Waals surface area contributed by atoms with Gasteiger partial charge in [-0.2, -0.15) is 28.8 Å². The molecule has 0 aliphatic rings. The minimum Gasteiger partial charge on any atom is -0.212 e. The molecule has 0 aliphatic heterocycles. The molecule has 0 saturated heterocycles. The lowest BCUT2D eigenvalue weighted by Crippen LogP contribution is -2.39. The van der Waals surface area contributed by atoms with E-state index in [4.69, 9.17) is 11.6 Å². The summed E-state index contributed by atoms with van der Waals surface area (Å²) < 4.78 is 63.6. The van der Waals surface area contributed by atoms with E-state index in [0.29, 0.717) is 9.87 Å². The van der Waals surface area contributed by atoms with Gasteiger partial charge < -0.3 is 0 Å². The van der Waals surface area contributed by atoms with Gasteiger partial charge >= 0.3 is 6.18 Å². The molecule has 1 aromatic heterocycles. The zero-order chi connectivity index (χ0) is 17.1. The van der Waals surface area contributed by atoms with Crippen molar-refractivity contribution in [3.8, 4) is 0 Å². The second-order valence-electron chi connectivity index (χ2n) is 4.86. The molecule has 9 heteroatoms. The van der Waals surface area contributed by atoms with Crippen LogP contribution in [0.3, 0.4) is 0 Å². The quantitative estimate of drug-likeness (QED) is 0.746. The van der Waals surface area contributed by atoms with E-state index in [1.807, 2.05) is 0 Å². The number of benzene rings is 1. The van der Waals surface area contributed by atoms with Gasteiger partial charge in [0.25, 0.3) is 0 Å². The van der Waals surface area contributed by atoms with Gasteiger partial charge in [0, 0.05) is 11.6 Å². The monoisotopic (exact) mass is 383 g/mol. The molecule has 1 heterocycles. The number of alkyl halides is 3. The van der Waals surface area contributed by atoms with Crippen LogP contribution in [0.2, 0.25) is 5.02 Å². The standard InChI is InChI=1S/C14H13ClF3NO2S2/c15-13-4-2-1-3-12(13)9-23(20,21)19(10-14(16,17)18)7-11-5-6-22-8-11/h1-6,8H,7,9-10H2. The summed E-state index contributed by atoms with van der Waals surface area (Å²) in [4.78, 5) is 0. The normalized spacial score (nSPS) is 12.7. The number of hydrogen-bond donors (Lipinski definition) is 0. The van der Waals surface area contributed by atoms with Crippen LogP contribution in [0.1, 0.15) is 11.1 Å². The number of hydrogen-bond acceptors (Lipinski definition) is 3. The zero-order valence-electron chi connectivity index (χ0n) is 11.8. The molecule has 0 amide bonds. The second-order valence-corrected chi connectivity index (χ2v) is 8.02. The molecule has 0 fully saturated rings. The first-order valence-electron chi connectivity index (χ1n) is 6.46. The summed E-state index contributed by atoms with van der Waals surface area (Å²) in [6.07, 6.45) is -4.62. The molecule has 0 spiro atoms. The highest BCUT2D eigenvalue weighted by Gasteiger charge is 2.36. The van der Waals surface area contributed by atoms with Crippen molar-refractivity contribution in [1.82, 2.24) is 4.31 Å². The Labute approximate surface area is 141 Å². The maximum Gasteiger partial charge on any atom is 0.402 e. The molecule has 0 bridgehead atoms. The highest BCUT2D eigenvalue weighted by Crippen LogP contribution is 2.25. The van der Waals surface area contributed by atoms with Crippen molar-refractivity contribution < 1.29 is 21.6 Å². The summed E-state index contributed by atoms with van der Waals surface area (Å²) in [6, 6.07) is 7.79. The molecule has 0 unspecified atom stereocenters. The van der Waals surface area contributed by atoms with Crippen molar-refractivity contribution in [3.63, 3.8) is 0 Å². The Morgan fingerprint density at radius 1 is 1.17 bits per heavy atom. The minimum absolute atomic E-state index is 0.207. The van der Waals surface area contributed by atoms with Crippen LogP contribution >= 0.6 is 22.9 Å². The molecule has 0 atom stereocenters. The molecule has 3 nitrogen and oxygen atoms in total. The van der Waals surface area contributed by atoms with Gasteiger partial charge in [-0.3, -0.25) is 0 Å². The molecule has 23 heavy (non-hydrogen) atoms. The summed E-state index contributed by atoms with van der Waals surface area (Å²) in [5.41, 5.74) is 0.786. The van der Waals surface area contributed by atoms with E-state index in [0.717, 1.165) is 0 Å². The first-order valence-corrected chi connectivity index (χ1v) is 9.39. The summed E-state index contributed by atoms with van der Waals surface area (Å²) in [5.74, 6) is -0.576. The van der Waals surface area contributed by atoms with E-state index in [2.05, 4.69) is 0 Å². The van der Waals surface area contributed by atoms with Gasteiger partial charge in [0.05, 0.1) is 5.75 Å². The maximum atomic E-state index is 12.8. The summed E-state index contributed by atoms with van der Waals surface area (Å²) in [7, 11) is -4.17. The highest BCUT2D eigenvalue weighted by molar-refractivity contribution is 7.88. The van der Waals surface area contributed by atoms with Crippen molar-refractivity contribution >= 4 is 33.0 Å².